The molecule has 0 spiro atoms. The molecule has 2 heterocycles. The van der Waals surface area contributed by atoms with Gasteiger partial charge in [-0.25, -0.2) is 8.78 Å². The summed E-state index contributed by atoms with van der Waals surface area (Å²) >= 11 is 0. The molecule has 149 valence electrons. The van der Waals surface area contributed by atoms with Gasteiger partial charge in [-0.3, -0.25) is 9.36 Å². The number of ether oxygens (including phenoxy) is 1. The fourth-order valence-electron chi connectivity index (χ4n) is 3.25. The van der Waals surface area contributed by atoms with E-state index in [-0.39, 0.29) is 13.0 Å². The van der Waals surface area contributed by atoms with Gasteiger partial charge in [-0.1, -0.05) is 6.07 Å². The fourth-order valence-corrected chi connectivity index (χ4v) is 3.25. The maximum Gasteiger partial charge on any atom is 0.256 e. The van der Waals surface area contributed by atoms with Crippen LogP contribution in [0.2, 0.25) is 0 Å². The van der Waals surface area contributed by atoms with Crippen molar-refractivity contribution in [3.8, 4) is 5.88 Å². The molecule has 7 nitrogen and oxygen atoms in total. The van der Waals surface area contributed by atoms with Crippen LogP contribution in [0, 0.1) is 12.8 Å². The van der Waals surface area contributed by atoms with Crippen LogP contribution in [0.25, 0.3) is 10.9 Å². The Balaban J connectivity index is 1.77. The molecule has 1 aliphatic rings. The second-order valence-electron chi connectivity index (χ2n) is 7.55. The highest BCUT2D eigenvalue weighted by atomic mass is 19.3. The number of alkyl halides is 2. The summed E-state index contributed by atoms with van der Waals surface area (Å²) in [7, 11) is 3.28. The van der Waals surface area contributed by atoms with Crippen LogP contribution in [0.5, 0.6) is 5.88 Å². The average Bonchev–Trinajstić information content (AvgIpc) is 2.91. The van der Waals surface area contributed by atoms with Crippen LogP contribution in [0.15, 0.2) is 24.4 Å². The molecule has 0 aliphatic heterocycles. The Morgan fingerprint density at radius 2 is 2.14 bits per heavy atom. The van der Waals surface area contributed by atoms with E-state index in [1.54, 1.807) is 47.7 Å². The minimum atomic E-state index is -2.64. The number of anilines is 2. The smallest absolute Gasteiger partial charge is 0.256 e. The molecule has 9 heteroatoms. The van der Waals surface area contributed by atoms with E-state index in [4.69, 9.17) is 4.74 Å². The minimum absolute atomic E-state index is 0.0953. The number of hydrogen-bond donors (Lipinski definition) is 2. The molecular formula is C19H22F2N5O2. The average molecular weight is 390 g/mol. The molecule has 1 aromatic carbocycles. The summed E-state index contributed by atoms with van der Waals surface area (Å²) in [6.07, 6.45) is 1.61. The Morgan fingerprint density at radius 1 is 1.43 bits per heavy atom. The van der Waals surface area contributed by atoms with Crippen molar-refractivity contribution in [3.63, 3.8) is 0 Å². The van der Waals surface area contributed by atoms with Gasteiger partial charge in [0.2, 0.25) is 0 Å². The molecule has 2 N–H and O–H groups in total. The van der Waals surface area contributed by atoms with Gasteiger partial charge in [0.25, 0.3) is 11.8 Å². The number of aromatic nitrogens is 4. The summed E-state index contributed by atoms with van der Waals surface area (Å²) in [6.45, 7) is 5.40. The highest BCUT2D eigenvalue weighted by Gasteiger charge is 2.57. The SMILES string of the molecule is [CH2]C(C)(O)c1ccc2c(Nc3cn(C)nc3OC)nn(CC3CC3(F)F)c2c1. The third kappa shape index (κ3) is 3.30. The molecule has 1 fully saturated rings. The highest BCUT2D eigenvalue weighted by molar-refractivity contribution is 5.92. The summed E-state index contributed by atoms with van der Waals surface area (Å²) in [4.78, 5) is 0. The van der Waals surface area contributed by atoms with Crippen molar-refractivity contribution in [1.82, 2.24) is 19.6 Å². The number of fused-ring (bicyclic) bond motifs is 1. The third-order valence-electron chi connectivity index (χ3n) is 4.96. The van der Waals surface area contributed by atoms with Crippen LogP contribution in [0.1, 0.15) is 18.9 Å². The van der Waals surface area contributed by atoms with E-state index in [1.807, 2.05) is 0 Å². The van der Waals surface area contributed by atoms with Crippen molar-refractivity contribution in [2.24, 2.45) is 13.0 Å². The molecular weight excluding hydrogens is 368 g/mol. The Morgan fingerprint density at radius 3 is 2.75 bits per heavy atom. The van der Waals surface area contributed by atoms with Crippen LogP contribution >= 0.6 is 0 Å². The van der Waals surface area contributed by atoms with Crippen LogP contribution in [0.3, 0.4) is 0 Å². The number of nitrogens with one attached hydrogen (secondary N) is 1. The van der Waals surface area contributed by atoms with Gasteiger partial charge in [-0.2, -0.15) is 5.10 Å². The van der Waals surface area contributed by atoms with E-state index in [9.17, 15) is 13.9 Å². The zero-order valence-electron chi connectivity index (χ0n) is 15.9. The van der Waals surface area contributed by atoms with Gasteiger partial charge in [-0.05, 0) is 31.5 Å². The van der Waals surface area contributed by atoms with Gasteiger partial charge < -0.3 is 15.2 Å². The molecule has 3 aromatic rings. The summed E-state index contributed by atoms with van der Waals surface area (Å²) in [6, 6.07) is 5.28. The number of methoxy groups -OCH3 is 1. The van der Waals surface area contributed by atoms with Crippen molar-refractivity contribution in [1.29, 1.82) is 0 Å². The van der Waals surface area contributed by atoms with Crippen molar-refractivity contribution in [2.45, 2.75) is 31.4 Å². The number of halogens is 2. The summed E-state index contributed by atoms with van der Waals surface area (Å²) in [5.74, 6) is -2.48. The lowest BCUT2D eigenvalue weighted by molar-refractivity contribution is 0.0944. The Hall–Kier alpha value is -2.68. The predicted molar refractivity (Wildman–Crippen MR) is 101 cm³/mol. The van der Waals surface area contributed by atoms with Gasteiger partial charge in [0.15, 0.2) is 5.82 Å². The largest absolute Gasteiger partial charge is 0.478 e. The maximum absolute atomic E-state index is 13.5. The van der Waals surface area contributed by atoms with Gasteiger partial charge in [0.05, 0.1) is 31.0 Å². The second kappa shape index (κ2) is 6.16. The lowest BCUT2D eigenvalue weighted by Gasteiger charge is -2.17. The Labute approximate surface area is 160 Å². The molecule has 1 aliphatic carbocycles. The summed E-state index contributed by atoms with van der Waals surface area (Å²) in [5.41, 5.74) is 0.540. The van der Waals surface area contributed by atoms with Crippen LogP contribution in [0.4, 0.5) is 20.3 Å². The third-order valence-corrected chi connectivity index (χ3v) is 4.96. The Bertz CT molecular complexity index is 1040. The first-order chi connectivity index (χ1) is 13.1. The van der Waals surface area contributed by atoms with Crippen molar-refractivity contribution in [2.75, 3.05) is 12.4 Å². The summed E-state index contributed by atoms with van der Waals surface area (Å²) < 4.78 is 35.4. The quantitative estimate of drug-likeness (QED) is 0.676. The molecule has 1 radical (unpaired) electrons. The molecule has 0 bridgehead atoms. The van der Waals surface area contributed by atoms with E-state index in [0.29, 0.717) is 28.5 Å². The number of aryl methyl sites for hydroxylation is 1. The zero-order valence-corrected chi connectivity index (χ0v) is 15.9. The number of rotatable bonds is 6. The molecule has 2 unspecified atom stereocenters. The maximum atomic E-state index is 13.5. The van der Waals surface area contributed by atoms with Crippen LogP contribution < -0.4 is 10.1 Å². The first-order valence-electron chi connectivity index (χ1n) is 8.90. The first kappa shape index (κ1) is 18.7. The van der Waals surface area contributed by atoms with Crippen molar-refractivity contribution >= 4 is 22.4 Å². The molecule has 1 saturated carbocycles. The first-order valence-corrected chi connectivity index (χ1v) is 8.90. The van der Waals surface area contributed by atoms with Gasteiger partial charge in [0, 0.05) is 24.8 Å². The van der Waals surface area contributed by atoms with Gasteiger partial charge >= 0.3 is 0 Å². The molecule has 2 aromatic heterocycles. The highest BCUT2D eigenvalue weighted by Crippen LogP contribution is 2.50. The fraction of sp³-hybridized carbons (Fsp3) is 0.421. The lowest BCUT2D eigenvalue weighted by atomic mass is 9.97. The van der Waals surface area contributed by atoms with E-state index in [1.165, 1.54) is 7.11 Å². The number of nitrogens with zero attached hydrogens (tertiary/aromatic N) is 4. The monoisotopic (exact) mass is 390 g/mol. The molecule has 4 rings (SSSR count). The lowest BCUT2D eigenvalue weighted by Crippen LogP contribution is -2.16. The van der Waals surface area contributed by atoms with Gasteiger partial charge in [0.1, 0.15) is 5.69 Å². The minimum Gasteiger partial charge on any atom is -0.478 e. The zero-order chi connectivity index (χ0) is 20.3. The number of benzene rings is 1. The van der Waals surface area contributed by atoms with E-state index in [2.05, 4.69) is 22.4 Å². The van der Waals surface area contributed by atoms with Crippen molar-refractivity contribution < 1.29 is 18.6 Å². The second-order valence-corrected chi connectivity index (χ2v) is 7.55. The Kier molecular flexibility index (Phi) is 4.11. The predicted octanol–water partition coefficient (Wildman–Crippen LogP) is 3.22. The molecule has 0 saturated heterocycles. The summed E-state index contributed by atoms with van der Waals surface area (Å²) in [5, 5.41) is 22.8. The van der Waals surface area contributed by atoms with Crippen molar-refractivity contribution in [3.05, 3.63) is 36.9 Å². The normalized spacial score (nSPS) is 18.5. The molecule has 2 atom stereocenters. The molecule has 28 heavy (non-hydrogen) atoms. The number of aliphatic hydroxyl groups is 1. The van der Waals surface area contributed by atoms with E-state index in [0.717, 1.165) is 5.39 Å². The van der Waals surface area contributed by atoms with Crippen LogP contribution in [-0.4, -0.2) is 37.7 Å². The van der Waals surface area contributed by atoms with E-state index >= 15 is 0 Å². The van der Waals surface area contributed by atoms with E-state index < -0.39 is 17.4 Å². The number of hydrogen-bond acceptors (Lipinski definition) is 5. The van der Waals surface area contributed by atoms with Gasteiger partial charge in [-0.15, -0.1) is 5.10 Å². The van der Waals surface area contributed by atoms with Crippen LogP contribution in [-0.2, 0) is 19.2 Å². The topological polar surface area (TPSA) is 77.1 Å². The standard InChI is InChI=1S/C19H22F2N5O2/c1-18(2,27)11-5-6-13-15(7-11)26(9-12-8-19(12,20)21)23-16(13)22-14-10-25(3)24-17(14)28-4/h5-7,10,12,27H,1,8-9H2,2-4H3,(H,22,23). The molecule has 0 amide bonds.